The summed E-state index contributed by atoms with van der Waals surface area (Å²) in [6.07, 6.45) is 0. The third kappa shape index (κ3) is 2.89. The second-order valence-corrected chi connectivity index (χ2v) is 4.02. The standard InChI is InChI=1S/C10H8Cl2N4O/c11-6-3-5(1-2-7(6)17)14-9-4-8(12)15-10(13)16-9/h1-4,17H,(H3,13,14,15,16). The highest BCUT2D eigenvalue weighted by Gasteiger charge is 2.03. The molecule has 2 rings (SSSR count). The highest BCUT2D eigenvalue weighted by molar-refractivity contribution is 6.32. The van der Waals surface area contributed by atoms with E-state index in [9.17, 15) is 5.11 Å². The first kappa shape index (κ1) is 11.8. The molecule has 0 radical (unpaired) electrons. The fourth-order valence-electron chi connectivity index (χ4n) is 1.23. The number of phenols is 1. The van der Waals surface area contributed by atoms with E-state index in [0.717, 1.165) is 0 Å². The summed E-state index contributed by atoms with van der Waals surface area (Å²) in [6, 6.07) is 6.20. The van der Waals surface area contributed by atoms with Crippen LogP contribution in [0.4, 0.5) is 17.5 Å². The van der Waals surface area contributed by atoms with Crippen molar-refractivity contribution in [3.63, 3.8) is 0 Å². The van der Waals surface area contributed by atoms with Gasteiger partial charge in [0, 0.05) is 11.8 Å². The molecule has 0 saturated carbocycles. The number of aromatic hydroxyl groups is 1. The predicted molar refractivity (Wildman–Crippen MR) is 67.9 cm³/mol. The van der Waals surface area contributed by atoms with Crippen LogP contribution in [0.1, 0.15) is 0 Å². The zero-order valence-electron chi connectivity index (χ0n) is 8.48. The molecule has 4 N–H and O–H groups in total. The first-order valence-corrected chi connectivity index (χ1v) is 5.36. The topological polar surface area (TPSA) is 84.1 Å². The molecule has 7 heteroatoms. The zero-order valence-corrected chi connectivity index (χ0v) is 10.00. The average molecular weight is 271 g/mol. The van der Waals surface area contributed by atoms with Gasteiger partial charge >= 0.3 is 0 Å². The summed E-state index contributed by atoms with van der Waals surface area (Å²) in [5.41, 5.74) is 6.11. The Hall–Kier alpha value is -1.72. The second-order valence-electron chi connectivity index (χ2n) is 3.23. The predicted octanol–water partition coefficient (Wildman–Crippen LogP) is 2.81. The molecule has 1 heterocycles. The summed E-state index contributed by atoms with van der Waals surface area (Å²) >= 11 is 11.5. The van der Waals surface area contributed by atoms with Crippen LogP contribution in [0, 0.1) is 0 Å². The molecule has 0 aliphatic rings. The highest BCUT2D eigenvalue weighted by atomic mass is 35.5. The fourth-order valence-corrected chi connectivity index (χ4v) is 1.60. The normalized spacial score (nSPS) is 10.2. The average Bonchev–Trinajstić information content (AvgIpc) is 2.22. The summed E-state index contributed by atoms with van der Waals surface area (Å²) < 4.78 is 0. The number of phenolic OH excluding ortho intramolecular Hbond substituents is 1. The van der Waals surface area contributed by atoms with Crippen LogP contribution in [-0.4, -0.2) is 15.1 Å². The van der Waals surface area contributed by atoms with E-state index >= 15 is 0 Å². The molecular weight excluding hydrogens is 263 g/mol. The van der Waals surface area contributed by atoms with Gasteiger partial charge in [0.15, 0.2) is 0 Å². The van der Waals surface area contributed by atoms with Gasteiger partial charge in [-0.25, -0.2) is 4.98 Å². The number of benzene rings is 1. The molecule has 0 atom stereocenters. The lowest BCUT2D eigenvalue weighted by Gasteiger charge is -2.07. The maximum Gasteiger partial charge on any atom is 0.223 e. The Labute approximate surface area is 107 Å². The Balaban J connectivity index is 2.28. The molecule has 2 aromatic rings. The minimum Gasteiger partial charge on any atom is -0.506 e. The molecule has 0 aliphatic carbocycles. The summed E-state index contributed by atoms with van der Waals surface area (Å²) in [7, 11) is 0. The van der Waals surface area contributed by atoms with Gasteiger partial charge in [-0.2, -0.15) is 4.98 Å². The number of nitrogens with one attached hydrogen (secondary N) is 1. The Kier molecular flexibility index (Phi) is 3.21. The van der Waals surface area contributed by atoms with Gasteiger partial charge in [0.05, 0.1) is 5.02 Å². The van der Waals surface area contributed by atoms with E-state index in [1.54, 1.807) is 12.1 Å². The number of nitrogens with two attached hydrogens (primary N) is 1. The van der Waals surface area contributed by atoms with Crippen LogP contribution in [-0.2, 0) is 0 Å². The number of nitrogens with zero attached hydrogens (tertiary/aromatic N) is 2. The molecule has 5 nitrogen and oxygen atoms in total. The van der Waals surface area contributed by atoms with Crippen molar-refractivity contribution < 1.29 is 5.11 Å². The summed E-state index contributed by atoms with van der Waals surface area (Å²) in [4.78, 5) is 7.68. The Morgan fingerprint density at radius 3 is 2.59 bits per heavy atom. The molecule has 17 heavy (non-hydrogen) atoms. The number of hydrogen-bond donors (Lipinski definition) is 3. The first-order chi connectivity index (χ1) is 8.04. The van der Waals surface area contributed by atoms with Gasteiger partial charge in [-0.3, -0.25) is 0 Å². The fraction of sp³-hybridized carbons (Fsp3) is 0. The van der Waals surface area contributed by atoms with Crippen molar-refractivity contribution in [1.82, 2.24) is 9.97 Å². The van der Waals surface area contributed by atoms with Crippen molar-refractivity contribution in [2.45, 2.75) is 0 Å². The largest absolute Gasteiger partial charge is 0.506 e. The highest BCUT2D eigenvalue weighted by Crippen LogP contribution is 2.27. The SMILES string of the molecule is Nc1nc(Cl)cc(Nc2ccc(O)c(Cl)c2)n1. The van der Waals surface area contributed by atoms with E-state index in [4.69, 9.17) is 28.9 Å². The lowest BCUT2D eigenvalue weighted by Crippen LogP contribution is -1.99. The molecule has 0 amide bonds. The van der Waals surface area contributed by atoms with Gasteiger partial charge in [0.2, 0.25) is 5.95 Å². The Bertz CT molecular complexity index is 542. The van der Waals surface area contributed by atoms with Crippen molar-refractivity contribution >= 4 is 40.7 Å². The van der Waals surface area contributed by atoms with E-state index in [2.05, 4.69) is 15.3 Å². The van der Waals surface area contributed by atoms with Crippen molar-refractivity contribution in [2.75, 3.05) is 11.1 Å². The monoisotopic (exact) mass is 270 g/mol. The Morgan fingerprint density at radius 1 is 1.18 bits per heavy atom. The summed E-state index contributed by atoms with van der Waals surface area (Å²) in [5.74, 6) is 0.534. The van der Waals surface area contributed by atoms with Crippen LogP contribution < -0.4 is 11.1 Å². The molecule has 0 unspecified atom stereocenters. The number of halogens is 2. The van der Waals surface area contributed by atoms with Crippen LogP contribution in [0.15, 0.2) is 24.3 Å². The second kappa shape index (κ2) is 4.65. The molecule has 0 aliphatic heterocycles. The van der Waals surface area contributed by atoms with Crippen molar-refractivity contribution in [1.29, 1.82) is 0 Å². The lowest BCUT2D eigenvalue weighted by molar-refractivity contribution is 0.475. The third-order valence-electron chi connectivity index (χ3n) is 1.93. The van der Waals surface area contributed by atoms with E-state index in [1.807, 2.05) is 0 Å². The molecule has 1 aromatic carbocycles. The van der Waals surface area contributed by atoms with Crippen molar-refractivity contribution in [2.24, 2.45) is 0 Å². The number of rotatable bonds is 2. The summed E-state index contributed by atoms with van der Waals surface area (Å²) in [5, 5.41) is 12.7. The van der Waals surface area contributed by atoms with Gasteiger partial charge in [0.1, 0.15) is 16.7 Å². The van der Waals surface area contributed by atoms with E-state index in [1.165, 1.54) is 12.1 Å². The lowest BCUT2D eigenvalue weighted by atomic mass is 10.3. The summed E-state index contributed by atoms with van der Waals surface area (Å²) in [6.45, 7) is 0. The number of nitrogen functional groups attached to an aromatic ring is 1. The number of hydrogen-bond acceptors (Lipinski definition) is 5. The molecule has 0 bridgehead atoms. The van der Waals surface area contributed by atoms with Crippen LogP contribution in [0.25, 0.3) is 0 Å². The number of aromatic nitrogens is 2. The van der Waals surface area contributed by atoms with Crippen molar-refractivity contribution in [3.05, 3.63) is 34.4 Å². The smallest absolute Gasteiger partial charge is 0.223 e. The van der Waals surface area contributed by atoms with Crippen LogP contribution in [0.2, 0.25) is 10.2 Å². The first-order valence-electron chi connectivity index (χ1n) is 4.60. The maximum atomic E-state index is 9.27. The molecular formula is C10H8Cl2N4O. The minimum atomic E-state index is 0.0115. The molecule has 88 valence electrons. The van der Waals surface area contributed by atoms with E-state index in [-0.39, 0.29) is 21.9 Å². The molecule has 0 fully saturated rings. The van der Waals surface area contributed by atoms with Gasteiger partial charge in [-0.05, 0) is 18.2 Å². The van der Waals surface area contributed by atoms with Gasteiger partial charge in [-0.1, -0.05) is 23.2 Å². The zero-order chi connectivity index (χ0) is 12.4. The minimum absolute atomic E-state index is 0.0115. The van der Waals surface area contributed by atoms with Gasteiger partial charge in [0.25, 0.3) is 0 Å². The third-order valence-corrected chi connectivity index (χ3v) is 2.43. The van der Waals surface area contributed by atoms with Crippen molar-refractivity contribution in [3.8, 4) is 5.75 Å². The van der Waals surface area contributed by atoms with E-state index in [0.29, 0.717) is 11.5 Å². The van der Waals surface area contributed by atoms with Gasteiger partial charge < -0.3 is 16.2 Å². The number of anilines is 3. The molecule has 0 saturated heterocycles. The quantitative estimate of drug-likeness (QED) is 0.577. The maximum absolute atomic E-state index is 9.27. The Morgan fingerprint density at radius 2 is 1.94 bits per heavy atom. The van der Waals surface area contributed by atoms with Gasteiger partial charge in [-0.15, -0.1) is 0 Å². The molecule has 0 spiro atoms. The van der Waals surface area contributed by atoms with Crippen LogP contribution >= 0.6 is 23.2 Å². The van der Waals surface area contributed by atoms with E-state index < -0.39 is 0 Å². The van der Waals surface area contributed by atoms with Crippen LogP contribution in [0.5, 0.6) is 5.75 Å². The van der Waals surface area contributed by atoms with Crippen LogP contribution in [0.3, 0.4) is 0 Å². The molecule has 1 aromatic heterocycles.